The molecule has 1 aromatic carbocycles. The highest BCUT2D eigenvalue weighted by Gasteiger charge is 2.19. The number of methoxy groups -OCH3 is 1. The third kappa shape index (κ3) is 3.45. The molecule has 0 unspecified atom stereocenters. The molecule has 24 heavy (non-hydrogen) atoms. The topological polar surface area (TPSA) is 60.3 Å². The van der Waals surface area contributed by atoms with Crippen LogP contribution in [0.1, 0.15) is 48.0 Å². The van der Waals surface area contributed by atoms with Crippen molar-refractivity contribution in [2.24, 2.45) is 0 Å². The van der Waals surface area contributed by atoms with E-state index in [1.165, 1.54) is 18.2 Å². The molecule has 0 saturated heterocycles. The second kappa shape index (κ2) is 7.51. The van der Waals surface area contributed by atoms with Crippen molar-refractivity contribution in [3.63, 3.8) is 0 Å². The summed E-state index contributed by atoms with van der Waals surface area (Å²) in [6.07, 6.45) is 7.21. The third-order valence-electron chi connectivity index (χ3n) is 4.64. The maximum absolute atomic E-state index is 12.5. The number of nitrogens with one attached hydrogen (secondary N) is 1. The molecule has 5 heteroatoms. The summed E-state index contributed by atoms with van der Waals surface area (Å²) >= 11 is 0. The van der Waals surface area contributed by atoms with E-state index in [4.69, 9.17) is 0 Å². The number of rotatable bonds is 7. The smallest absolute Gasteiger partial charge is 0.305 e. The molecule has 2 aromatic rings. The number of para-hydroxylation sites is 1. The normalized spacial score (nSPS) is 13.0. The second-order valence-electron chi connectivity index (χ2n) is 6.30. The number of ether oxygens (including phenoxy) is 1. The van der Waals surface area contributed by atoms with Crippen LogP contribution in [0.25, 0.3) is 10.9 Å². The zero-order chi connectivity index (χ0) is 16.9. The largest absolute Gasteiger partial charge is 0.469 e. The van der Waals surface area contributed by atoms with Gasteiger partial charge in [-0.1, -0.05) is 24.6 Å². The Hall–Kier alpha value is -2.30. The first-order valence-corrected chi connectivity index (χ1v) is 8.66. The SMILES string of the molecule is COC(=O)CCCCCNC(=O)c1cn2c3c(cccc13)CCC2. The van der Waals surface area contributed by atoms with E-state index in [-0.39, 0.29) is 11.9 Å². The van der Waals surface area contributed by atoms with E-state index < -0.39 is 0 Å². The van der Waals surface area contributed by atoms with Crippen LogP contribution in [-0.2, 0) is 22.5 Å². The zero-order valence-corrected chi connectivity index (χ0v) is 14.1. The first-order valence-electron chi connectivity index (χ1n) is 8.66. The maximum Gasteiger partial charge on any atom is 0.305 e. The van der Waals surface area contributed by atoms with Crippen LogP contribution in [0.5, 0.6) is 0 Å². The van der Waals surface area contributed by atoms with E-state index in [0.717, 1.165) is 49.6 Å². The van der Waals surface area contributed by atoms with Gasteiger partial charge in [-0.25, -0.2) is 0 Å². The van der Waals surface area contributed by atoms with Gasteiger partial charge < -0.3 is 14.6 Å². The number of aromatic nitrogens is 1. The summed E-state index contributed by atoms with van der Waals surface area (Å²) in [5, 5.41) is 4.05. The number of carbonyl (C=O) groups is 2. The van der Waals surface area contributed by atoms with Crippen molar-refractivity contribution in [2.75, 3.05) is 13.7 Å². The van der Waals surface area contributed by atoms with Crippen molar-refractivity contribution in [1.82, 2.24) is 9.88 Å². The van der Waals surface area contributed by atoms with Gasteiger partial charge in [-0.15, -0.1) is 0 Å². The van der Waals surface area contributed by atoms with Crippen LogP contribution >= 0.6 is 0 Å². The number of carbonyl (C=O) groups excluding carboxylic acids is 2. The molecule has 3 rings (SSSR count). The second-order valence-corrected chi connectivity index (χ2v) is 6.30. The first kappa shape index (κ1) is 16.6. The predicted molar refractivity (Wildman–Crippen MR) is 93.1 cm³/mol. The number of aryl methyl sites for hydroxylation is 2. The standard InChI is InChI=1S/C19H24N2O3/c1-24-17(22)10-3-2-4-11-20-19(23)16-13-21-12-6-8-14-7-5-9-15(16)18(14)21/h5,7,9,13H,2-4,6,8,10-12H2,1H3,(H,20,23). The molecule has 2 heterocycles. The van der Waals surface area contributed by atoms with Gasteiger partial charge in [-0.3, -0.25) is 9.59 Å². The summed E-state index contributed by atoms with van der Waals surface area (Å²) in [5.41, 5.74) is 3.32. The van der Waals surface area contributed by atoms with E-state index in [1.807, 2.05) is 18.3 Å². The molecule has 1 N–H and O–H groups in total. The molecule has 0 spiro atoms. The monoisotopic (exact) mass is 328 g/mol. The van der Waals surface area contributed by atoms with Crippen molar-refractivity contribution < 1.29 is 14.3 Å². The fraction of sp³-hybridized carbons (Fsp3) is 0.474. The van der Waals surface area contributed by atoms with Gasteiger partial charge in [0, 0.05) is 31.1 Å². The van der Waals surface area contributed by atoms with Gasteiger partial charge in [0.15, 0.2) is 0 Å². The molecule has 5 nitrogen and oxygen atoms in total. The molecule has 0 bridgehead atoms. The maximum atomic E-state index is 12.5. The fourth-order valence-corrected chi connectivity index (χ4v) is 3.41. The summed E-state index contributed by atoms with van der Waals surface area (Å²) in [6, 6.07) is 6.23. The van der Waals surface area contributed by atoms with Crippen molar-refractivity contribution in [2.45, 2.75) is 45.1 Å². The van der Waals surface area contributed by atoms with Crippen molar-refractivity contribution in [3.8, 4) is 0 Å². The summed E-state index contributed by atoms with van der Waals surface area (Å²) in [6.45, 7) is 1.61. The summed E-state index contributed by atoms with van der Waals surface area (Å²) in [5.74, 6) is -0.182. The van der Waals surface area contributed by atoms with Gasteiger partial charge in [0.1, 0.15) is 0 Å². The Morgan fingerprint density at radius 1 is 1.25 bits per heavy atom. The minimum Gasteiger partial charge on any atom is -0.469 e. The van der Waals surface area contributed by atoms with E-state index in [0.29, 0.717) is 13.0 Å². The molecule has 0 radical (unpaired) electrons. The minimum atomic E-state index is -0.173. The third-order valence-corrected chi connectivity index (χ3v) is 4.64. The lowest BCUT2D eigenvalue weighted by Crippen LogP contribution is -2.24. The van der Waals surface area contributed by atoms with Crippen molar-refractivity contribution >= 4 is 22.8 Å². The molecule has 1 aliphatic rings. The van der Waals surface area contributed by atoms with Crippen LogP contribution in [0, 0.1) is 0 Å². The van der Waals surface area contributed by atoms with Crippen LogP contribution < -0.4 is 5.32 Å². The highest BCUT2D eigenvalue weighted by Crippen LogP contribution is 2.29. The van der Waals surface area contributed by atoms with E-state index in [9.17, 15) is 9.59 Å². The Labute approximate surface area is 142 Å². The minimum absolute atomic E-state index is 0.00855. The fourth-order valence-electron chi connectivity index (χ4n) is 3.41. The average Bonchev–Trinajstić information content (AvgIpc) is 2.99. The number of benzene rings is 1. The van der Waals surface area contributed by atoms with Gasteiger partial charge in [0.05, 0.1) is 18.2 Å². The molecule has 1 amide bonds. The zero-order valence-electron chi connectivity index (χ0n) is 14.1. The Bertz CT molecular complexity index is 748. The van der Waals surface area contributed by atoms with Gasteiger partial charge in [0.25, 0.3) is 5.91 Å². The number of amides is 1. The Morgan fingerprint density at radius 3 is 2.96 bits per heavy atom. The molecule has 0 fully saturated rings. The molecule has 128 valence electrons. The lowest BCUT2D eigenvalue weighted by molar-refractivity contribution is -0.140. The molecular weight excluding hydrogens is 304 g/mol. The lowest BCUT2D eigenvalue weighted by Gasteiger charge is -2.14. The highest BCUT2D eigenvalue weighted by molar-refractivity contribution is 6.07. The lowest BCUT2D eigenvalue weighted by atomic mass is 10.0. The van der Waals surface area contributed by atoms with E-state index in [1.54, 1.807) is 0 Å². The molecule has 0 aliphatic carbocycles. The molecule has 1 aromatic heterocycles. The quantitative estimate of drug-likeness (QED) is 0.628. The number of unbranched alkanes of at least 4 members (excludes halogenated alkanes) is 2. The average molecular weight is 328 g/mol. The molecule has 0 atom stereocenters. The molecular formula is C19H24N2O3. The Kier molecular flexibility index (Phi) is 5.18. The van der Waals surface area contributed by atoms with Crippen LogP contribution in [0.3, 0.4) is 0 Å². The Morgan fingerprint density at radius 2 is 2.12 bits per heavy atom. The predicted octanol–water partition coefficient (Wildman–Crippen LogP) is 3.05. The number of esters is 1. The summed E-state index contributed by atoms with van der Waals surface area (Å²) < 4.78 is 6.82. The number of nitrogens with zero attached hydrogens (tertiary/aromatic N) is 1. The van der Waals surface area contributed by atoms with Crippen LogP contribution in [0.4, 0.5) is 0 Å². The van der Waals surface area contributed by atoms with E-state index in [2.05, 4.69) is 20.7 Å². The Balaban J connectivity index is 1.56. The van der Waals surface area contributed by atoms with Crippen molar-refractivity contribution in [3.05, 3.63) is 35.5 Å². The number of hydrogen-bond acceptors (Lipinski definition) is 3. The summed E-state index contributed by atoms with van der Waals surface area (Å²) in [4.78, 5) is 23.5. The van der Waals surface area contributed by atoms with Crippen LogP contribution in [0.15, 0.2) is 24.4 Å². The van der Waals surface area contributed by atoms with Gasteiger partial charge in [-0.2, -0.15) is 0 Å². The number of hydrogen-bond donors (Lipinski definition) is 1. The van der Waals surface area contributed by atoms with Gasteiger partial charge in [0.2, 0.25) is 0 Å². The molecule has 1 aliphatic heterocycles. The summed E-state index contributed by atoms with van der Waals surface area (Å²) in [7, 11) is 1.40. The molecule has 0 saturated carbocycles. The van der Waals surface area contributed by atoms with Crippen molar-refractivity contribution in [1.29, 1.82) is 0 Å². The van der Waals surface area contributed by atoms with Gasteiger partial charge >= 0.3 is 5.97 Å². The highest BCUT2D eigenvalue weighted by atomic mass is 16.5. The first-order chi connectivity index (χ1) is 11.7. The van der Waals surface area contributed by atoms with Crippen LogP contribution in [-0.4, -0.2) is 30.1 Å². The van der Waals surface area contributed by atoms with Gasteiger partial charge in [-0.05, 0) is 31.2 Å². The van der Waals surface area contributed by atoms with Crippen LogP contribution in [0.2, 0.25) is 0 Å². The van der Waals surface area contributed by atoms with E-state index >= 15 is 0 Å².